The van der Waals surface area contributed by atoms with Crippen LogP contribution >= 0.6 is 0 Å². The largest absolute Gasteiger partial charge is 0.320 e. The van der Waals surface area contributed by atoms with E-state index in [1.807, 2.05) is 62.4 Å². The maximum Gasteiger partial charge on any atom is 0.274 e. The molecule has 2 aliphatic carbocycles. The van der Waals surface area contributed by atoms with Crippen LogP contribution in [-0.4, -0.2) is 41.1 Å². The minimum Gasteiger partial charge on any atom is -0.320 e. The number of ketones is 1. The molecule has 0 atom stereocenters. The molecule has 2 saturated carbocycles. The van der Waals surface area contributed by atoms with Gasteiger partial charge in [-0.3, -0.25) is 19.6 Å². The fraction of sp³-hybridized carbons (Fsp3) is 0.400. The van der Waals surface area contributed by atoms with Gasteiger partial charge in [0, 0.05) is 37.5 Å². The van der Waals surface area contributed by atoms with E-state index in [9.17, 15) is 27.2 Å². The lowest BCUT2D eigenvalue weighted by atomic mass is 9.90. The van der Waals surface area contributed by atoms with Crippen LogP contribution < -0.4 is 10.6 Å². The second-order valence-corrected chi connectivity index (χ2v) is 13.5. The van der Waals surface area contributed by atoms with Crippen molar-refractivity contribution in [2.45, 2.75) is 96.4 Å². The van der Waals surface area contributed by atoms with Crippen LogP contribution in [-0.2, 0) is 19.4 Å². The lowest BCUT2D eigenvalue weighted by molar-refractivity contribution is 0.0986. The van der Waals surface area contributed by atoms with Gasteiger partial charge in [-0.25, -0.2) is 17.6 Å². The fourth-order valence-corrected chi connectivity index (χ4v) is 6.62. The van der Waals surface area contributed by atoms with E-state index in [2.05, 4.69) is 20.6 Å². The fourth-order valence-electron chi connectivity index (χ4n) is 6.62. The van der Waals surface area contributed by atoms with Gasteiger partial charge in [0.15, 0.2) is 5.78 Å². The topological polar surface area (TPSA) is 84.0 Å². The first-order valence-electron chi connectivity index (χ1n) is 17.4. The van der Waals surface area contributed by atoms with Crippen LogP contribution in [0.3, 0.4) is 0 Å². The standard InChI is InChI=1S/C40H42F4N4O2/c1-23-27(16-37(49)35-17-33(26-14-15-26)29(21-46-35)19-45-22-39(43)44)6-3-8-30(23)31-9-5-10-34(24(31)2)48-40(50)36-18-32(25-12-13-25)28(20-47-36)7-4-11-38(41)42/h3,5-6,8-10,17-18,20-21,25-26,38-39,45H,4,7,11-16,19,22H2,1-2H3,(H,48,50). The highest BCUT2D eigenvalue weighted by molar-refractivity contribution is 6.04. The van der Waals surface area contributed by atoms with Crippen molar-refractivity contribution in [3.8, 4) is 11.1 Å². The van der Waals surface area contributed by atoms with Gasteiger partial charge in [-0.05, 0) is 132 Å². The Kier molecular flexibility index (Phi) is 11.1. The summed E-state index contributed by atoms with van der Waals surface area (Å²) in [4.78, 5) is 35.8. The molecule has 0 unspecified atom stereocenters. The summed E-state index contributed by atoms with van der Waals surface area (Å²) in [6, 6.07) is 15.2. The van der Waals surface area contributed by atoms with Crippen LogP contribution in [0.15, 0.2) is 60.9 Å². The van der Waals surface area contributed by atoms with Gasteiger partial charge in [-0.2, -0.15) is 0 Å². The summed E-state index contributed by atoms with van der Waals surface area (Å²) in [5, 5.41) is 5.79. The molecule has 2 N–H and O–H groups in total. The first-order valence-corrected chi connectivity index (χ1v) is 17.4. The number of aromatic nitrogens is 2. The van der Waals surface area contributed by atoms with Crippen molar-refractivity contribution in [1.29, 1.82) is 0 Å². The van der Waals surface area contributed by atoms with Gasteiger partial charge in [-0.15, -0.1) is 0 Å². The quantitative estimate of drug-likeness (QED) is 0.0908. The molecular formula is C40H42F4N4O2. The summed E-state index contributed by atoms with van der Waals surface area (Å²) in [7, 11) is 0. The Morgan fingerprint density at radius 3 is 2.08 bits per heavy atom. The summed E-state index contributed by atoms with van der Waals surface area (Å²) < 4.78 is 50.7. The molecule has 50 heavy (non-hydrogen) atoms. The number of amides is 1. The monoisotopic (exact) mass is 686 g/mol. The maximum atomic E-state index is 13.5. The minimum atomic E-state index is -2.43. The predicted molar refractivity (Wildman–Crippen MR) is 186 cm³/mol. The van der Waals surface area contributed by atoms with Crippen LogP contribution in [0.4, 0.5) is 23.2 Å². The Morgan fingerprint density at radius 1 is 0.780 bits per heavy atom. The smallest absolute Gasteiger partial charge is 0.274 e. The molecule has 1 amide bonds. The van der Waals surface area contributed by atoms with Crippen molar-refractivity contribution in [2.75, 3.05) is 11.9 Å². The highest BCUT2D eigenvalue weighted by Gasteiger charge is 2.29. The minimum absolute atomic E-state index is 0.116. The molecular weight excluding hydrogens is 644 g/mol. The molecule has 2 aliphatic rings. The van der Waals surface area contributed by atoms with Crippen molar-refractivity contribution in [1.82, 2.24) is 15.3 Å². The van der Waals surface area contributed by atoms with Crippen LogP contribution in [0.2, 0.25) is 0 Å². The third-order valence-electron chi connectivity index (χ3n) is 9.75. The molecule has 0 bridgehead atoms. The van der Waals surface area contributed by atoms with E-state index < -0.39 is 19.4 Å². The van der Waals surface area contributed by atoms with Gasteiger partial charge in [0.1, 0.15) is 11.4 Å². The number of anilines is 1. The number of nitrogens with one attached hydrogen (secondary N) is 2. The van der Waals surface area contributed by atoms with E-state index in [4.69, 9.17) is 0 Å². The number of carbonyl (C=O) groups is 2. The highest BCUT2D eigenvalue weighted by Crippen LogP contribution is 2.43. The Labute approximate surface area is 290 Å². The van der Waals surface area contributed by atoms with Crippen molar-refractivity contribution < 1.29 is 27.2 Å². The van der Waals surface area contributed by atoms with Gasteiger partial charge < -0.3 is 10.6 Å². The molecule has 10 heteroatoms. The van der Waals surface area contributed by atoms with Crippen LogP contribution in [0.25, 0.3) is 11.1 Å². The van der Waals surface area contributed by atoms with Gasteiger partial charge in [-0.1, -0.05) is 30.3 Å². The summed E-state index contributed by atoms with van der Waals surface area (Å²) in [5.41, 5.74) is 9.67. The Balaban J connectivity index is 1.17. The molecule has 2 fully saturated rings. The van der Waals surface area contributed by atoms with Gasteiger partial charge in [0.05, 0.1) is 6.54 Å². The average Bonchev–Trinajstić information content (AvgIpc) is 4.01. The van der Waals surface area contributed by atoms with E-state index in [1.54, 1.807) is 12.4 Å². The average molecular weight is 687 g/mol. The molecule has 0 saturated heterocycles. The molecule has 262 valence electrons. The zero-order valence-electron chi connectivity index (χ0n) is 28.4. The van der Waals surface area contributed by atoms with Crippen LogP contribution in [0, 0.1) is 13.8 Å². The number of Topliss-reactive ketones (excluding diaryl/α,β-unsaturated/α-hetero) is 1. The molecule has 0 aliphatic heterocycles. The number of nitrogens with zero attached hydrogens (tertiary/aromatic N) is 2. The number of carbonyl (C=O) groups excluding carboxylic acids is 2. The summed E-state index contributed by atoms with van der Waals surface area (Å²) in [6.07, 6.45) is 3.50. The number of pyridine rings is 2. The Hall–Kier alpha value is -4.44. The van der Waals surface area contributed by atoms with E-state index in [0.717, 1.165) is 75.8 Å². The Bertz CT molecular complexity index is 1740. The van der Waals surface area contributed by atoms with Crippen LogP contribution in [0.1, 0.15) is 110 Å². The second-order valence-electron chi connectivity index (χ2n) is 13.5. The first-order chi connectivity index (χ1) is 24.1. The molecule has 4 aromatic rings. The number of hydrogen-bond donors (Lipinski definition) is 2. The molecule has 2 aromatic heterocycles. The third-order valence-corrected chi connectivity index (χ3v) is 9.75. The van der Waals surface area contributed by atoms with Gasteiger partial charge >= 0.3 is 0 Å². The van der Waals surface area contributed by atoms with E-state index in [-0.39, 0.29) is 31.1 Å². The van der Waals surface area contributed by atoms with Crippen molar-refractivity contribution in [3.05, 3.63) is 111 Å². The molecule has 0 spiro atoms. The lowest BCUT2D eigenvalue weighted by Gasteiger charge is -2.17. The molecule has 6 nitrogen and oxygen atoms in total. The number of rotatable bonds is 16. The zero-order chi connectivity index (χ0) is 35.4. The second kappa shape index (κ2) is 15.6. The van der Waals surface area contributed by atoms with Crippen molar-refractivity contribution in [2.24, 2.45) is 0 Å². The van der Waals surface area contributed by atoms with Gasteiger partial charge in [0.2, 0.25) is 6.43 Å². The first kappa shape index (κ1) is 35.4. The highest BCUT2D eigenvalue weighted by atomic mass is 19.3. The number of halogens is 4. The normalized spacial score (nSPS) is 14.4. The number of hydrogen-bond acceptors (Lipinski definition) is 5. The predicted octanol–water partition coefficient (Wildman–Crippen LogP) is 9.14. The van der Waals surface area contributed by atoms with Crippen molar-refractivity contribution >= 4 is 17.4 Å². The summed E-state index contributed by atoms with van der Waals surface area (Å²) >= 11 is 0. The van der Waals surface area contributed by atoms with E-state index in [1.165, 1.54) is 0 Å². The van der Waals surface area contributed by atoms with Crippen LogP contribution in [0.5, 0.6) is 0 Å². The number of alkyl halides is 4. The number of benzene rings is 2. The molecule has 2 heterocycles. The maximum absolute atomic E-state index is 13.5. The molecule has 6 rings (SSSR count). The zero-order valence-corrected chi connectivity index (χ0v) is 28.4. The van der Waals surface area contributed by atoms with Gasteiger partial charge in [0.25, 0.3) is 12.3 Å². The molecule has 0 radical (unpaired) electrons. The SMILES string of the molecule is Cc1c(CC(=O)c2cc(C3CC3)c(CNCC(F)F)cn2)cccc1-c1cccc(NC(=O)c2cc(C3CC3)c(CCCC(F)F)cn2)c1C. The Morgan fingerprint density at radius 2 is 1.40 bits per heavy atom. The third kappa shape index (κ3) is 8.64. The summed E-state index contributed by atoms with van der Waals surface area (Å²) in [6.45, 7) is 3.82. The van der Waals surface area contributed by atoms with Crippen molar-refractivity contribution in [3.63, 3.8) is 0 Å². The number of aryl methyl sites for hydroxylation is 1. The van der Waals surface area contributed by atoms with E-state index in [0.29, 0.717) is 41.8 Å². The lowest BCUT2D eigenvalue weighted by Crippen LogP contribution is -2.21. The molecule has 2 aromatic carbocycles. The van der Waals surface area contributed by atoms with E-state index >= 15 is 0 Å². The summed E-state index contributed by atoms with van der Waals surface area (Å²) in [5.74, 6) is 0.219.